The zero-order chi connectivity index (χ0) is 17.1. The van der Waals surface area contributed by atoms with Gasteiger partial charge in [-0.3, -0.25) is 14.3 Å². The number of hydrogen-bond acceptors (Lipinski definition) is 5. The fraction of sp³-hybridized carbons (Fsp3) is 0.333. The van der Waals surface area contributed by atoms with Gasteiger partial charge in [0.25, 0.3) is 5.91 Å². The number of nitrogens with two attached hydrogens (primary N) is 1. The molecule has 126 valence electrons. The molecule has 0 aliphatic carbocycles. The van der Waals surface area contributed by atoms with Gasteiger partial charge in [0.15, 0.2) is 5.69 Å². The van der Waals surface area contributed by atoms with Crippen molar-refractivity contribution >= 4 is 29.1 Å². The molecule has 0 radical (unpaired) electrons. The van der Waals surface area contributed by atoms with Gasteiger partial charge in [-0.05, 0) is 18.2 Å². The molecule has 0 atom stereocenters. The Morgan fingerprint density at radius 1 is 1.33 bits per heavy atom. The normalized spacial score (nSPS) is 15.0. The Balaban J connectivity index is 1.68. The molecule has 3 rings (SSSR count). The van der Waals surface area contributed by atoms with Gasteiger partial charge in [-0.1, -0.05) is 22.9 Å². The number of rotatable bonds is 4. The van der Waals surface area contributed by atoms with Crippen LogP contribution in [0.5, 0.6) is 0 Å². The molecule has 0 saturated carbocycles. The van der Waals surface area contributed by atoms with E-state index in [-0.39, 0.29) is 24.1 Å². The maximum atomic E-state index is 12.4. The summed E-state index contributed by atoms with van der Waals surface area (Å²) in [5.74, 6) is -0.469. The van der Waals surface area contributed by atoms with Crippen molar-refractivity contribution in [3.05, 3.63) is 41.2 Å². The first-order valence-electron chi connectivity index (χ1n) is 7.54. The largest absolute Gasteiger partial charge is 0.329 e. The maximum absolute atomic E-state index is 12.4. The molecule has 1 aliphatic rings. The van der Waals surface area contributed by atoms with Gasteiger partial charge in [0.1, 0.15) is 6.54 Å². The summed E-state index contributed by atoms with van der Waals surface area (Å²) in [7, 11) is 0. The van der Waals surface area contributed by atoms with Crippen LogP contribution in [0.4, 0.5) is 5.69 Å². The zero-order valence-corrected chi connectivity index (χ0v) is 13.7. The summed E-state index contributed by atoms with van der Waals surface area (Å²) >= 11 is 5.97. The molecular formula is C15H17ClN6O2. The molecule has 1 aromatic carbocycles. The Kier molecular flexibility index (Phi) is 4.77. The van der Waals surface area contributed by atoms with Crippen LogP contribution in [-0.4, -0.2) is 57.9 Å². The maximum Gasteiger partial charge on any atom is 0.276 e. The summed E-state index contributed by atoms with van der Waals surface area (Å²) in [5.41, 5.74) is 6.39. The first kappa shape index (κ1) is 16.4. The van der Waals surface area contributed by atoms with E-state index in [0.717, 1.165) is 5.69 Å². The molecule has 1 fully saturated rings. The van der Waals surface area contributed by atoms with Crippen molar-refractivity contribution in [2.24, 2.45) is 5.73 Å². The molecule has 2 aromatic rings. The van der Waals surface area contributed by atoms with Crippen molar-refractivity contribution in [2.45, 2.75) is 6.54 Å². The first-order chi connectivity index (χ1) is 11.6. The number of halogens is 1. The SMILES string of the molecule is NCCn1cc(C(=O)N2CCN(c3cccc(Cl)c3)C(=O)C2)nn1. The summed E-state index contributed by atoms with van der Waals surface area (Å²) in [4.78, 5) is 27.9. The number of aromatic nitrogens is 3. The van der Waals surface area contributed by atoms with E-state index in [0.29, 0.717) is 31.2 Å². The molecule has 0 spiro atoms. The lowest BCUT2D eigenvalue weighted by atomic mass is 10.2. The zero-order valence-electron chi connectivity index (χ0n) is 12.9. The summed E-state index contributed by atoms with van der Waals surface area (Å²) in [6.45, 7) is 1.72. The van der Waals surface area contributed by atoms with Crippen LogP contribution in [0.25, 0.3) is 0 Å². The van der Waals surface area contributed by atoms with Crippen molar-refractivity contribution < 1.29 is 9.59 Å². The quantitative estimate of drug-likeness (QED) is 0.861. The molecule has 1 aliphatic heterocycles. The Labute approximate surface area is 143 Å². The van der Waals surface area contributed by atoms with Gasteiger partial charge < -0.3 is 15.5 Å². The van der Waals surface area contributed by atoms with Crippen molar-refractivity contribution in [1.82, 2.24) is 19.9 Å². The summed E-state index contributed by atoms with van der Waals surface area (Å²) < 4.78 is 1.51. The number of hydrogen-bond donors (Lipinski definition) is 1. The van der Waals surface area contributed by atoms with E-state index in [1.165, 1.54) is 9.58 Å². The van der Waals surface area contributed by atoms with Crippen LogP contribution in [0.3, 0.4) is 0 Å². The second-order valence-corrected chi connectivity index (χ2v) is 5.84. The molecule has 0 bridgehead atoms. The van der Waals surface area contributed by atoms with Crippen molar-refractivity contribution in [3.63, 3.8) is 0 Å². The second-order valence-electron chi connectivity index (χ2n) is 5.41. The Morgan fingerprint density at radius 2 is 2.17 bits per heavy atom. The van der Waals surface area contributed by atoms with Gasteiger partial charge in [-0.15, -0.1) is 5.10 Å². The minimum absolute atomic E-state index is 0.00487. The smallest absolute Gasteiger partial charge is 0.276 e. The van der Waals surface area contributed by atoms with Gasteiger partial charge in [0.05, 0.1) is 12.7 Å². The van der Waals surface area contributed by atoms with Crippen LogP contribution in [0.2, 0.25) is 5.02 Å². The van der Waals surface area contributed by atoms with Crippen LogP contribution < -0.4 is 10.6 Å². The van der Waals surface area contributed by atoms with E-state index in [1.54, 1.807) is 29.3 Å². The van der Waals surface area contributed by atoms with Crippen LogP contribution in [0.15, 0.2) is 30.5 Å². The van der Waals surface area contributed by atoms with Crippen LogP contribution in [-0.2, 0) is 11.3 Å². The van der Waals surface area contributed by atoms with E-state index < -0.39 is 0 Å². The molecule has 1 saturated heterocycles. The number of carbonyl (C=O) groups is 2. The molecule has 1 aromatic heterocycles. The lowest BCUT2D eigenvalue weighted by Crippen LogP contribution is -2.52. The van der Waals surface area contributed by atoms with Crippen LogP contribution in [0, 0.1) is 0 Å². The van der Waals surface area contributed by atoms with Crippen LogP contribution >= 0.6 is 11.6 Å². The Hall–Kier alpha value is -2.45. The fourth-order valence-electron chi connectivity index (χ4n) is 2.56. The second kappa shape index (κ2) is 6.98. The number of amides is 2. The van der Waals surface area contributed by atoms with Gasteiger partial charge in [-0.25, -0.2) is 0 Å². The number of carbonyl (C=O) groups excluding carboxylic acids is 2. The lowest BCUT2D eigenvalue weighted by molar-refractivity contribution is -0.120. The van der Waals surface area contributed by atoms with Gasteiger partial charge in [-0.2, -0.15) is 0 Å². The number of anilines is 1. The Bertz CT molecular complexity index is 762. The predicted molar refractivity (Wildman–Crippen MR) is 88.8 cm³/mol. The van der Waals surface area contributed by atoms with E-state index >= 15 is 0 Å². The highest BCUT2D eigenvalue weighted by Gasteiger charge is 2.29. The standard InChI is InChI=1S/C15H17ClN6O2/c16-11-2-1-3-12(8-11)22-7-6-20(10-14(22)23)15(24)13-9-21(5-4-17)19-18-13/h1-3,8-9H,4-7,10,17H2. The molecule has 2 heterocycles. The topological polar surface area (TPSA) is 97.3 Å². The van der Waals surface area contributed by atoms with E-state index in [1.807, 2.05) is 6.07 Å². The third-order valence-electron chi connectivity index (χ3n) is 3.74. The molecule has 2 amide bonds. The highest BCUT2D eigenvalue weighted by atomic mass is 35.5. The fourth-order valence-corrected chi connectivity index (χ4v) is 2.75. The van der Waals surface area contributed by atoms with E-state index in [9.17, 15) is 9.59 Å². The summed E-state index contributed by atoms with van der Waals surface area (Å²) in [6, 6.07) is 7.09. The number of benzene rings is 1. The third kappa shape index (κ3) is 3.39. The predicted octanol–water partition coefficient (Wildman–Crippen LogP) is 0.379. The molecule has 9 heteroatoms. The first-order valence-corrected chi connectivity index (χ1v) is 7.91. The monoisotopic (exact) mass is 348 g/mol. The number of nitrogens with zero attached hydrogens (tertiary/aromatic N) is 5. The van der Waals surface area contributed by atoms with Gasteiger partial charge >= 0.3 is 0 Å². The minimum atomic E-state index is -0.308. The summed E-state index contributed by atoms with van der Waals surface area (Å²) in [5, 5.41) is 8.25. The van der Waals surface area contributed by atoms with Gasteiger partial charge in [0.2, 0.25) is 5.91 Å². The highest BCUT2D eigenvalue weighted by Crippen LogP contribution is 2.21. The average molecular weight is 349 g/mol. The summed E-state index contributed by atoms with van der Waals surface area (Å²) in [6.07, 6.45) is 1.54. The molecule has 0 unspecified atom stereocenters. The Morgan fingerprint density at radius 3 is 2.88 bits per heavy atom. The van der Waals surface area contributed by atoms with E-state index in [4.69, 9.17) is 17.3 Å². The average Bonchev–Trinajstić information content (AvgIpc) is 3.03. The van der Waals surface area contributed by atoms with Crippen molar-refractivity contribution in [1.29, 1.82) is 0 Å². The molecule has 24 heavy (non-hydrogen) atoms. The number of piperazine rings is 1. The molecule has 8 nitrogen and oxygen atoms in total. The highest BCUT2D eigenvalue weighted by molar-refractivity contribution is 6.30. The van der Waals surface area contributed by atoms with Gasteiger partial charge in [0, 0.05) is 30.3 Å². The minimum Gasteiger partial charge on any atom is -0.329 e. The van der Waals surface area contributed by atoms with E-state index in [2.05, 4.69) is 10.3 Å². The lowest BCUT2D eigenvalue weighted by Gasteiger charge is -2.34. The van der Waals surface area contributed by atoms with Crippen LogP contribution in [0.1, 0.15) is 10.5 Å². The molecular weight excluding hydrogens is 332 g/mol. The van der Waals surface area contributed by atoms with Crippen molar-refractivity contribution in [2.75, 3.05) is 31.1 Å². The third-order valence-corrected chi connectivity index (χ3v) is 3.98. The van der Waals surface area contributed by atoms with Crippen molar-refractivity contribution in [3.8, 4) is 0 Å². The molecule has 2 N–H and O–H groups in total.